The maximum absolute atomic E-state index is 14.6. The first-order chi connectivity index (χ1) is 21.8. The number of nitrogens with zero attached hydrogens (tertiary/aromatic N) is 2. The molecule has 47 heavy (non-hydrogen) atoms. The molecule has 13 heteroatoms. The van der Waals surface area contributed by atoms with Crippen LogP contribution in [0.15, 0.2) is 0 Å². The molecule has 5 amide bonds. The predicted molar refractivity (Wildman–Crippen MR) is 181 cm³/mol. The van der Waals surface area contributed by atoms with Crippen molar-refractivity contribution >= 4 is 40.5 Å². The molecule has 1 saturated heterocycles. The van der Waals surface area contributed by atoms with Gasteiger partial charge >= 0.3 is 6.03 Å². The van der Waals surface area contributed by atoms with Gasteiger partial charge in [0.05, 0.1) is 17.0 Å². The number of ketones is 1. The predicted octanol–water partition coefficient (Wildman–Crippen LogP) is 2.49. The van der Waals surface area contributed by atoms with Gasteiger partial charge in [-0.2, -0.15) is 0 Å². The zero-order chi connectivity index (χ0) is 35.1. The number of carbonyl (C=O) groups is 5. The maximum Gasteiger partial charge on any atom is 0.315 e. The number of carbonyl (C=O) groups excluding carboxylic acids is 5. The molecule has 0 bridgehead atoms. The van der Waals surface area contributed by atoms with E-state index in [4.69, 9.17) is 0 Å². The average molecular weight is 679 g/mol. The Morgan fingerprint density at radius 1 is 0.936 bits per heavy atom. The summed E-state index contributed by atoms with van der Waals surface area (Å²) in [5, 5.41) is 11.6. The summed E-state index contributed by atoms with van der Waals surface area (Å²) in [4.78, 5) is 69.7. The minimum atomic E-state index is -1.22. The van der Waals surface area contributed by atoms with Crippen molar-refractivity contribution in [2.24, 2.45) is 28.1 Å². The standard InChI is InChI=1S/C34H58N6O6S/c1-10-11-23(26(41)29(43)35-20-12-13-20)36-28(42)25-21-14-15-34(16-17-34)22(21)18-40(25)30(44)27(33(5,6)7)38-31(45)37-24(32(2,3)4)19-39(8)47(9)46/h20-25,27H,10-19H2,1-9H3,(H,35,43)(H,36,42)(H2,37,38,45)/t21-,22-,23?,24+,25-,27+,47?/m0/s1. The van der Waals surface area contributed by atoms with E-state index in [1.54, 1.807) is 22.5 Å². The van der Waals surface area contributed by atoms with E-state index in [1.165, 1.54) is 0 Å². The van der Waals surface area contributed by atoms with Gasteiger partial charge in [0, 0.05) is 31.4 Å². The molecule has 3 saturated carbocycles. The van der Waals surface area contributed by atoms with E-state index in [0.717, 1.165) is 38.5 Å². The molecule has 3 aliphatic carbocycles. The Labute approximate surface area is 283 Å². The van der Waals surface area contributed by atoms with Gasteiger partial charge < -0.3 is 26.2 Å². The lowest BCUT2D eigenvalue weighted by Crippen LogP contribution is -2.62. The number of likely N-dealkylation sites (tertiary alicyclic amines) is 1. The summed E-state index contributed by atoms with van der Waals surface area (Å²) in [6.45, 7) is 14.3. The fourth-order valence-electron chi connectivity index (χ4n) is 7.40. The Balaban J connectivity index is 1.56. The van der Waals surface area contributed by atoms with Crippen molar-refractivity contribution in [2.45, 2.75) is 130 Å². The zero-order valence-corrected chi connectivity index (χ0v) is 30.7. The molecule has 1 spiro atoms. The van der Waals surface area contributed by atoms with Crippen molar-refractivity contribution in [3.8, 4) is 0 Å². The van der Waals surface area contributed by atoms with Gasteiger partial charge in [0.1, 0.15) is 12.1 Å². The molecule has 1 heterocycles. The van der Waals surface area contributed by atoms with Crippen LogP contribution in [-0.2, 0) is 30.2 Å². The number of rotatable bonds is 13. The van der Waals surface area contributed by atoms with Gasteiger partial charge in [-0.3, -0.25) is 19.2 Å². The number of urea groups is 1. The van der Waals surface area contributed by atoms with E-state index >= 15 is 0 Å². The fourth-order valence-corrected chi connectivity index (χ4v) is 7.76. The van der Waals surface area contributed by atoms with Crippen LogP contribution in [0.5, 0.6) is 0 Å². The molecule has 4 fully saturated rings. The third kappa shape index (κ3) is 8.74. The van der Waals surface area contributed by atoms with Gasteiger partial charge in [0.15, 0.2) is 0 Å². The smallest absolute Gasteiger partial charge is 0.315 e. The molecule has 4 rings (SSSR count). The number of fused-ring (bicyclic) bond motifs is 2. The van der Waals surface area contributed by atoms with E-state index in [0.29, 0.717) is 25.9 Å². The fraction of sp³-hybridized carbons (Fsp3) is 0.853. The molecule has 4 aliphatic rings. The Bertz CT molecular complexity index is 1250. The maximum atomic E-state index is 14.6. The third-order valence-corrected chi connectivity index (χ3v) is 11.8. The second kappa shape index (κ2) is 14.1. The summed E-state index contributed by atoms with van der Waals surface area (Å²) >= 11 is 0. The summed E-state index contributed by atoms with van der Waals surface area (Å²) in [5.74, 6) is -1.94. The number of hydrogen-bond acceptors (Lipinski definition) is 6. The Morgan fingerprint density at radius 2 is 1.57 bits per heavy atom. The molecule has 12 nitrogen and oxygen atoms in total. The highest BCUT2D eigenvalue weighted by atomic mass is 32.2. The lowest BCUT2D eigenvalue weighted by molar-refractivity contribution is -0.144. The van der Waals surface area contributed by atoms with E-state index in [9.17, 15) is 28.2 Å². The van der Waals surface area contributed by atoms with Crippen molar-refractivity contribution in [2.75, 3.05) is 26.4 Å². The summed E-state index contributed by atoms with van der Waals surface area (Å²) in [6.07, 6.45) is 8.20. The lowest BCUT2D eigenvalue weighted by Gasteiger charge is -2.38. The van der Waals surface area contributed by atoms with Crippen LogP contribution in [0, 0.1) is 28.1 Å². The van der Waals surface area contributed by atoms with Crippen molar-refractivity contribution in [3.05, 3.63) is 0 Å². The van der Waals surface area contributed by atoms with Crippen molar-refractivity contribution < 1.29 is 28.2 Å². The van der Waals surface area contributed by atoms with Gasteiger partial charge in [-0.15, -0.1) is 0 Å². The third-order valence-electron chi connectivity index (χ3n) is 10.8. The largest absolute Gasteiger partial charge is 0.347 e. The first kappa shape index (κ1) is 37.3. The highest BCUT2D eigenvalue weighted by molar-refractivity contribution is 7.81. The topological polar surface area (TPSA) is 157 Å². The Kier molecular flexibility index (Phi) is 11.2. The molecule has 1 aliphatic heterocycles. The van der Waals surface area contributed by atoms with Crippen molar-refractivity contribution in [3.63, 3.8) is 0 Å². The average Bonchev–Trinajstić information content (AvgIpc) is 3.87. The molecule has 0 aromatic heterocycles. The minimum Gasteiger partial charge on any atom is -0.347 e. The second-order valence-corrected chi connectivity index (χ2v) is 18.1. The summed E-state index contributed by atoms with van der Waals surface area (Å²) in [5.41, 5.74) is -0.901. The first-order valence-corrected chi connectivity index (χ1v) is 18.9. The van der Waals surface area contributed by atoms with E-state index in [-0.39, 0.29) is 40.7 Å². The molecule has 2 unspecified atom stereocenters. The zero-order valence-electron chi connectivity index (χ0n) is 29.9. The summed E-state index contributed by atoms with van der Waals surface area (Å²) in [7, 11) is 0.513. The molecule has 7 atom stereocenters. The van der Waals surface area contributed by atoms with Crippen molar-refractivity contribution in [1.82, 2.24) is 30.5 Å². The molecular weight excluding hydrogens is 620 g/mol. The van der Waals surface area contributed by atoms with Crippen LogP contribution >= 0.6 is 0 Å². The van der Waals surface area contributed by atoms with Crippen LogP contribution in [0.25, 0.3) is 0 Å². The monoisotopic (exact) mass is 678 g/mol. The number of amides is 5. The number of likely N-dealkylation sites (N-methyl/N-ethyl adjacent to an activating group) is 1. The Hall–Kier alpha value is -2.54. The normalized spacial score (nSPS) is 25.8. The molecule has 4 N–H and O–H groups in total. The summed E-state index contributed by atoms with van der Waals surface area (Å²) < 4.78 is 13.7. The molecule has 0 aromatic rings. The lowest BCUT2D eigenvalue weighted by atomic mass is 9.85. The van der Waals surface area contributed by atoms with Crippen LogP contribution < -0.4 is 21.3 Å². The highest BCUT2D eigenvalue weighted by Crippen LogP contribution is 2.66. The van der Waals surface area contributed by atoms with Gasteiger partial charge in [-0.1, -0.05) is 54.9 Å². The number of hydrogen-bond donors (Lipinski definition) is 4. The van der Waals surface area contributed by atoms with Crippen LogP contribution in [0.1, 0.15) is 99.8 Å². The van der Waals surface area contributed by atoms with Crippen LogP contribution in [0.4, 0.5) is 4.79 Å². The highest BCUT2D eigenvalue weighted by Gasteiger charge is 2.64. The molecule has 0 radical (unpaired) electrons. The molecule has 0 aromatic carbocycles. The number of nitrogens with one attached hydrogen (secondary N) is 4. The quantitative estimate of drug-likeness (QED) is 0.219. The van der Waals surface area contributed by atoms with E-state index < -0.39 is 58.2 Å². The van der Waals surface area contributed by atoms with E-state index in [1.807, 2.05) is 48.5 Å². The summed E-state index contributed by atoms with van der Waals surface area (Å²) in [6, 6.07) is -3.56. The SMILES string of the molecule is CCCC(NC(=O)[C@@H]1[C@H]2CCC3(CC3)[C@H]2CN1C(=O)[C@@H](NC(=O)N[C@H](CN(C)S(C)=O)C(C)(C)C)C(C)(C)C)C(=O)C(=O)NC1CC1. The van der Waals surface area contributed by atoms with E-state index in [2.05, 4.69) is 21.3 Å². The van der Waals surface area contributed by atoms with Gasteiger partial charge in [0.25, 0.3) is 5.91 Å². The minimum absolute atomic E-state index is 0.0237. The van der Waals surface area contributed by atoms with Gasteiger partial charge in [-0.25, -0.2) is 13.3 Å². The van der Waals surface area contributed by atoms with Crippen molar-refractivity contribution in [1.29, 1.82) is 0 Å². The van der Waals surface area contributed by atoms with Crippen LogP contribution in [-0.4, -0.2) is 99.6 Å². The van der Waals surface area contributed by atoms with Gasteiger partial charge in [-0.05, 0) is 80.1 Å². The number of Topliss-reactive ketones (excluding diaryl/α,β-unsaturated/α-hetero) is 1. The van der Waals surface area contributed by atoms with Crippen LogP contribution in [0.3, 0.4) is 0 Å². The van der Waals surface area contributed by atoms with Crippen LogP contribution in [0.2, 0.25) is 0 Å². The molecule has 266 valence electrons. The Morgan fingerprint density at radius 3 is 2.09 bits per heavy atom. The second-order valence-electron chi connectivity index (χ2n) is 16.6. The van der Waals surface area contributed by atoms with Gasteiger partial charge in [0.2, 0.25) is 17.6 Å². The molecular formula is C34H58N6O6S. The first-order valence-electron chi connectivity index (χ1n) is 17.4.